The fourth-order valence-corrected chi connectivity index (χ4v) is 6.79. The van der Waals surface area contributed by atoms with Crippen molar-refractivity contribution >= 4 is 29.7 Å². The molecular formula is C39H42N2O6S. The van der Waals surface area contributed by atoms with Gasteiger partial charge in [0.1, 0.15) is 31.0 Å². The number of esters is 1. The van der Waals surface area contributed by atoms with E-state index >= 15 is 0 Å². The molecule has 2 N–H and O–H groups in total. The van der Waals surface area contributed by atoms with Gasteiger partial charge in [0.05, 0.1) is 7.11 Å². The molecule has 48 heavy (non-hydrogen) atoms. The maximum absolute atomic E-state index is 13.7. The Morgan fingerprint density at radius 1 is 0.729 bits per heavy atom. The van der Waals surface area contributed by atoms with Crippen molar-refractivity contribution in [2.24, 2.45) is 5.92 Å². The Bertz CT molecular complexity index is 1630. The van der Waals surface area contributed by atoms with Crippen molar-refractivity contribution in [1.82, 2.24) is 10.6 Å². The van der Waals surface area contributed by atoms with Gasteiger partial charge in [-0.3, -0.25) is 4.79 Å². The Morgan fingerprint density at radius 3 is 1.98 bits per heavy atom. The average Bonchev–Trinajstić information content (AvgIpc) is 3.43. The third-order valence-corrected chi connectivity index (χ3v) is 9.30. The number of hydrogen-bond donors (Lipinski definition) is 2. The second kappa shape index (κ2) is 16.9. The van der Waals surface area contributed by atoms with Gasteiger partial charge in [0.25, 0.3) is 0 Å². The van der Waals surface area contributed by atoms with Crippen molar-refractivity contribution in [2.45, 2.75) is 50.6 Å². The van der Waals surface area contributed by atoms with Gasteiger partial charge in [-0.05, 0) is 57.9 Å². The lowest BCUT2D eigenvalue weighted by Gasteiger charge is -2.24. The first-order valence-electron chi connectivity index (χ1n) is 16.2. The van der Waals surface area contributed by atoms with Crippen molar-refractivity contribution in [3.8, 4) is 16.9 Å². The Balaban J connectivity index is 1.25. The first-order chi connectivity index (χ1) is 23.3. The fourth-order valence-electron chi connectivity index (χ4n) is 5.77. The molecule has 1 aliphatic rings. The van der Waals surface area contributed by atoms with Crippen LogP contribution < -0.4 is 15.4 Å². The summed E-state index contributed by atoms with van der Waals surface area (Å²) in [6, 6.07) is 31.5. The van der Waals surface area contributed by atoms with Crippen LogP contribution in [0.3, 0.4) is 0 Å². The lowest BCUT2D eigenvalue weighted by atomic mass is 9.98. The molecule has 2 atom stereocenters. The number of hydrogen-bond acceptors (Lipinski definition) is 7. The highest BCUT2D eigenvalue weighted by atomic mass is 32.2. The Morgan fingerprint density at radius 2 is 1.35 bits per heavy atom. The highest BCUT2D eigenvalue weighted by Gasteiger charge is 2.31. The molecule has 9 heteroatoms. The molecule has 1 aliphatic carbocycles. The number of carbonyl (C=O) groups excluding carboxylic acids is 3. The second-order valence-electron chi connectivity index (χ2n) is 12.2. The average molecular weight is 667 g/mol. The summed E-state index contributed by atoms with van der Waals surface area (Å²) in [5.74, 6) is 0.616. The van der Waals surface area contributed by atoms with E-state index in [0.29, 0.717) is 12.2 Å². The van der Waals surface area contributed by atoms with Crippen molar-refractivity contribution in [2.75, 3.05) is 19.5 Å². The zero-order chi connectivity index (χ0) is 33.9. The molecule has 0 aliphatic heterocycles. The number of amides is 2. The maximum Gasteiger partial charge on any atom is 0.407 e. The summed E-state index contributed by atoms with van der Waals surface area (Å²) in [7, 11) is 1.62. The highest BCUT2D eigenvalue weighted by Crippen LogP contribution is 2.44. The van der Waals surface area contributed by atoms with Crippen LogP contribution >= 0.6 is 11.8 Å². The molecule has 0 unspecified atom stereocenters. The summed E-state index contributed by atoms with van der Waals surface area (Å²) in [6.07, 6.45) is -0.315. The van der Waals surface area contributed by atoms with Gasteiger partial charge in [0.15, 0.2) is 0 Å². The zero-order valence-corrected chi connectivity index (χ0v) is 28.3. The van der Waals surface area contributed by atoms with E-state index in [4.69, 9.17) is 14.2 Å². The molecule has 0 aromatic heterocycles. The molecule has 8 nitrogen and oxygen atoms in total. The Labute approximate surface area is 286 Å². The van der Waals surface area contributed by atoms with Crippen LogP contribution in [0.5, 0.6) is 5.75 Å². The van der Waals surface area contributed by atoms with Crippen molar-refractivity contribution in [3.63, 3.8) is 0 Å². The standard InChI is InChI=1S/C39H42N2O6S/c1-26(2)21-35(38(43)46-22-27-11-5-4-6-12-27)40-37(42)36(25-48-24-28-17-19-29(45-3)20-18-28)41-39(44)47-23-34-32-15-9-7-13-30(32)31-14-8-10-16-33(31)34/h4-20,26,34-36H,21-25H2,1-3H3,(H,40,42)(H,41,44)/t35-,36-/m0/s1. The van der Waals surface area contributed by atoms with Gasteiger partial charge in [-0.15, -0.1) is 0 Å². The minimum atomic E-state index is -0.958. The van der Waals surface area contributed by atoms with Crippen LogP contribution in [-0.4, -0.2) is 49.5 Å². The predicted octanol–water partition coefficient (Wildman–Crippen LogP) is 7.11. The van der Waals surface area contributed by atoms with E-state index in [2.05, 4.69) is 34.9 Å². The van der Waals surface area contributed by atoms with Crippen LogP contribution in [0.2, 0.25) is 0 Å². The van der Waals surface area contributed by atoms with E-state index in [1.165, 1.54) is 11.8 Å². The fraction of sp³-hybridized carbons (Fsp3) is 0.308. The van der Waals surface area contributed by atoms with E-state index in [1.54, 1.807) is 7.11 Å². The molecule has 2 amide bonds. The van der Waals surface area contributed by atoms with Crippen LogP contribution in [0.25, 0.3) is 11.1 Å². The van der Waals surface area contributed by atoms with Crippen LogP contribution in [0.1, 0.15) is 48.4 Å². The molecule has 0 radical (unpaired) electrons. The van der Waals surface area contributed by atoms with Crippen LogP contribution in [0, 0.1) is 5.92 Å². The number of fused-ring (bicyclic) bond motifs is 3. The molecule has 0 bridgehead atoms. The predicted molar refractivity (Wildman–Crippen MR) is 189 cm³/mol. The number of nitrogens with one attached hydrogen (secondary N) is 2. The first-order valence-corrected chi connectivity index (χ1v) is 17.3. The zero-order valence-electron chi connectivity index (χ0n) is 27.5. The topological polar surface area (TPSA) is 103 Å². The van der Waals surface area contributed by atoms with E-state index in [1.807, 2.05) is 92.7 Å². The monoisotopic (exact) mass is 666 g/mol. The number of carbonyl (C=O) groups is 3. The van der Waals surface area contributed by atoms with Gasteiger partial charge >= 0.3 is 12.1 Å². The third kappa shape index (κ3) is 9.19. The van der Waals surface area contributed by atoms with E-state index in [0.717, 1.165) is 39.1 Å². The normalized spacial score (nSPS) is 13.2. The van der Waals surface area contributed by atoms with E-state index < -0.39 is 30.1 Å². The number of methoxy groups -OCH3 is 1. The molecule has 0 heterocycles. The minimum absolute atomic E-state index is 0.100. The summed E-state index contributed by atoms with van der Waals surface area (Å²) < 4.78 is 16.6. The van der Waals surface area contributed by atoms with Gasteiger partial charge in [-0.2, -0.15) is 11.8 Å². The molecule has 0 saturated heterocycles. The second-order valence-corrected chi connectivity index (χ2v) is 13.2. The van der Waals surface area contributed by atoms with Gasteiger partial charge in [-0.1, -0.05) is 105 Å². The van der Waals surface area contributed by atoms with Crippen molar-refractivity contribution in [1.29, 1.82) is 0 Å². The number of rotatable bonds is 15. The highest BCUT2D eigenvalue weighted by molar-refractivity contribution is 7.98. The van der Waals surface area contributed by atoms with E-state index in [9.17, 15) is 14.4 Å². The lowest BCUT2D eigenvalue weighted by molar-refractivity contribution is -0.149. The molecule has 0 spiro atoms. The van der Waals surface area contributed by atoms with Crippen LogP contribution in [-0.2, 0) is 31.4 Å². The number of thioether (sulfide) groups is 1. The summed E-state index contributed by atoms with van der Waals surface area (Å²) >= 11 is 1.49. The Kier molecular flexibility index (Phi) is 12.2. The van der Waals surface area contributed by atoms with Gasteiger partial charge < -0.3 is 24.8 Å². The Hall–Kier alpha value is -4.76. The molecule has 0 saturated carbocycles. The smallest absolute Gasteiger partial charge is 0.407 e. The van der Waals surface area contributed by atoms with Gasteiger partial charge in [0.2, 0.25) is 5.91 Å². The molecule has 4 aromatic carbocycles. The van der Waals surface area contributed by atoms with Crippen molar-refractivity contribution < 1.29 is 28.6 Å². The van der Waals surface area contributed by atoms with Gasteiger partial charge in [-0.25, -0.2) is 9.59 Å². The summed E-state index contributed by atoms with van der Waals surface area (Å²) in [6.45, 7) is 4.17. The summed E-state index contributed by atoms with van der Waals surface area (Å²) in [5.41, 5.74) is 6.35. The third-order valence-electron chi connectivity index (χ3n) is 8.20. The first kappa shape index (κ1) is 34.6. The number of ether oxygens (including phenoxy) is 3. The van der Waals surface area contributed by atoms with E-state index in [-0.39, 0.29) is 30.8 Å². The van der Waals surface area contributed by atoms with Gasteiger partial charge in [0, 0.05) is 17.4 Å². The van der Waals surface area contributed by atoms with Crippen LogP contribution in [0.15, 0.2) is 103 Å². The largest absolute Gasteiger partial charge is 0.497 e. The molecule has 5 rings (SSSR count). The lowest BCUT2D eigenvalue weighted by Crippen LogP contribution is -2.53. The molecule has 0 fully saturated rings. The summed E-state index contributed by atoms with van der Waals surface area (Å²) in [5, 5.41) is 5.65. The minimum Gasteiger partial charge on any atom is -0.497 e. The molecular weight excluding hydrogens is 625 g/mol. The molecule has 4 aromatic rings. The van der Waals surface area contributed by atoms with Crippen LogP contribution in [0.4, 0.5) is 4.79 Å². The van der Waals surface area contributed by atoms with Crippen molar-refractivity contribution in [3.05, 3.63) is 125 Å². The summed E-state index contributed by atoms with van der Waals surface area (Å²) in [4.78, 5) is 40.2. The SMILES string of the molecule is COc1ccc(CSC[C@H](NC(=O)OCC2c3ccccc3-c3ccccc32)C(=O)N[C@@H](CC(C)C)C(=O)OCc2ccccc2)cc1. The number of benzene rings is 4. The molecule has 250 valence electrons. The maximum atomic E-state index is 13.7. The number of alkyl carbamates (subject to hydrolysis) is 1. The quantitative estimate of drug-likeness (QED) is 0.130.